The zero-order valence-electron chi connectivity index (χ0n) is 11.9. The number of hydrogen-bond donors (Lipinski definition) is 0. The molecule has 1 heterocycles. The van der Waals surface area contributed by atoms with Gasteiger partial charge in [0.05, 0.1) is 40.7 Å². The first kappa shape index (κ1) is 15.6. The molecule has 0 saturated heterocycles. The summed E-state index contributed by atoms with van der Waals surface area (Å²) in [6.07, 6.45) is 0. The van der Waals surface area contributed by atoms with E-state index >= 15 is 0 Å². The summed E-state index contributed by atoms with van der Waals surface area (Å²) in [6, 6.07) is 2.48. The van der Waals surface area contributed by atoms with Gasteiger partial charge in [-0.15, -0.1) is 0 Å². The van der Waals surface area contributed by atoms with E-state index in [1.165, 1.54) is 20.3 Å². The Morgan fingerprint density at radius 1 is 1.09 bits per heavy atom. The summed E-state index contributed by atoms with van der Waals surface area (Å²) >= 11 is 0.856. The first-order chi connectivity index (χ1) is 10.4. The lowest BCUT2D eigenvalue weighted by Crippen LogP contribution is -1.98. The Morgan fingerprint density at radius 2 is 1.68 bits per heavy atom. The molecule has 0 saturated carbocycles. The maximum absolute atomic E-state index is 11.3. The normalized spacial score (nSPS) is 10.3. The van der Waals surface area contributed by atoms with Gasteiger partial charge in [-0.2, -0.15) is 0 Å². The van der Waals surface area contributed by atoms with Crippen LogP contribution in [0.3, 0.4) is 0 Å². The highest BCUT2D eigenvalue weighted by Crippen LogP contribution is 2.44. The van der Waals surface area contributed by atoms with Crippen LogP contribution in [0.25, 0.3) is 11.3 Å². The molecule has 0 fully saturated rings. The van der Waals surface area contributed by atoms with Gasteiger partial charge in [0.2, 0.25) is 0 Å². The standard InChI is InChI=1S/C12H11N3O6S/c1-6-13-11(12(22-6)15(18)19)7-4-9(20-2)10(21-3)5-8(7)14(16)17/h4-5H,1-3H3. The molecule has 0 N–H and O–H groups in total. The summed E-state index contributed by atoms with van der Waals surface area (Å²) in [5.41, 5.74) is -0.384. The van der Waals surface area contributed by atoms with Crippen molar-refractivity contribution in [2.45, 2.75) is 6.92 Å². The first-order valence-electron chi connectivity index (χ1n) is 5.91. The first-order valence-corrected chi connectivity index (χ1v) is 6.73. The predicted molar refractivity (Wildman–Crippen MR) is 78.7 cm³/mol. The van der Waals surface area contributed by atoms with Gasteiger partial charge in [-0.05, 0) is 18.3 Å². The molecule has 0 aliphatic carbocycles. The van der Waals surface area contributed by atoms with Gasteiger partial charge < -0.3 is 9.47 Å². The number of nitro groups is 2. The van der Waals surface area contributed by atoms with E-state index < -0.39 is 9.85 Å². The van der Waals surface area contributed by atoms with E-state index in [4.69, 9.17) is 9.47 Å². The molecule has 116 valence electrons. The van der Waals surface area contributed by atoms with Gasteiger partial charge in [0.1, 0.15) is 0 Å². The van der Waals surface area contributed by atoms with E-state index in [9.17, 15) is 20.2 Å². The van der Waals surface area contributed by atoms with Crippen molar-refractivity contribution in [3.63, 3.8) is 0 Å². The van der Waals surface area contributed by atoms with Gasteiger partial charge >= 0.3 is 5.00 Å². The van der Waals surface area contributed by atoms with Gasteiger partial charge in [-0.3, -0.25) is 20.2 Å². The smallest absolute Gasteiger partial charge is 0.352 e. The lowest BCUT2D eigenvalue weighted by Gasteiger charge is -2.09. The molecule has 0 bridgehead atoms. The molecule has 1 aromatic heterocycles. The van der Waals surface area contributed by atoms with Crippen molar-refractivity contribution in [1.29, 1.82) is 0 Å². The summed E-state index contributed by atoms with van der Waals surface area (Å²) in [5, 5.41) is 22.6. The van der Waals surface area contributed by atoms with Crippen LogP contribution in [0.15, 0.2) is 12.1 Å². The highest BCUT2D eigenvalue weighted by atomic mass is 32.1. The highest BCUT2D eigenvalue weighted by Gasteiger charge is 2.29. The van der Waals surface area contributed by atoms with Gasteiger partial charge in [-0.1, -0.05) is 0 Å². The number of aryl methyl sites for hydroxylation is 1. The molecule has 0 unspecified atom stereocenters. The van der Waals surface area contributed by atoms with E-state index in [0.29, 0.717) is 5.01 Å². The second-order valence-corrected chi connectivity index (χ2v) is 5.31. The largest absolute Gasteiger partial charge is 0.493 e. The van der Waals surface area contributed by atoms with Crippen LogP contribution in [0.5, 0.6) is 11.5 Å². The molecule has 0 aliphatic heterocycles. The quantitative estimate of drug-likeness (QED) is 0.612. The van der Waals surface area contributed by atoms with Crippen molar-refractivity contribution in [3.05, 3.63) is 37.4 Å². The number of aromatic nitrogens is 1. The number of ether oxygens (including phenoxy) is 2. The Labute approximate surface area is 128 Å². The van der Waals surface area contributed by atoms with E-state index in [0.717, 1.165) is 17.4 Å². The number of hydrogen-bond acceptors (Lipinski definition) is 8. The van der Waals surface area contributed by atoms with Gasteiger partial charge in [-0.25, -0.2) is 4.98 Å². The summed E-state index contributed by atoms with van der Waals surface area (Å²) < 4.78 is 10.1. The summed E-state index contributed by atoms with van der Waals surface area (Å²) in [6.45, 7) is 1.59. The SMILES string of the molecule is COc1cc(-c2nc(C)sc2[N+](=O)[O-])c([N+](=O)[O-])cc1OC. The zero-order chi connectivity index (χ0) is 16.4. The third-order valence-corrected chi connectivity index (χ3v) is 3.76. The predicted octanol–water partition coefficient (Wildman–Crippen LogP) is 2.95. The Morgan fingerprint density at radius 3 is 2.18 bits per heavy atom. The minimum Gasteiger partial charge on any atom is -0.493 e. The lowest BCUT2D eigenvalue weighted by atomic mass is 10.1. The van der Waals surface area contributed by atoms with Gasteiger partial charge in [0.25, 0.3) is 5.69 Å². The van der Waals surface area contributed by atoms with E-state index in [1.54, 1.807) is 6.92 Å². The molecule has 0 radical (unpaired) electrons. The molecule has 22 heavy (non-hydrogen) atoms. The minimum atomic E-state index is -0.643. The fourth-order valence-electron chi connectivity index (χ4n) is 1.92. The summed E-state index contributed by atoms with van der Waals surface area (Å²) in [5.74, 6) is 0.385. The van der Waals surface area contributed by atoms with E-state index in [-0.39, 0.29) is 33.4 Å². The van der Waals surface area contributed by atoms with Gasteiger partial charge in [0, 0.05) is 6.07 Å². The van der Waals surface area contributed by atoms with Crippen LogP contribution in [0.4, 0.5) is 10.7 Å². The molecule has 0 spiro atoms. The Balaban J connectivity index is 2.79. The molecule has 9 nitrogen and oxygen atoms in total. The molecular weight excluding hydrogens is 314 g/mol. The van der Waals surface area contributed by atoms with Crippen molar-refractivity contribution in [1.82, 2.24) is 4.98 Å². The number of rotatable bonds is 5. The topological polar surface area (TPSA) is 118 Å². The van der Waals surface area contributed by atoms with Crippen molar-refractivity contribution >= 4 is 22.0 Å². The molecule has 0 aliphatic rings. The van der Waals surface area contributed by atoms with Crippen molar-refractivity contribution < 1.29 is 19.3 Å². The molecule has 0 amide bonds. The van der Waals surface area contributed by atoms with Gasteiger partial charge in [0.15, 0.2) is 17.2 Å². The molecule has 10 heteroatoms. The van der Waals surface area contributed by atoms with Crippen LogP contribution in [-0.4, -0.2) is 29.1 Å². The number of nitrogens with zero attached hydrogens (tertiary/aromatic N) is 3. The monoisotopic (exact) mass is 325 g/mol. The second kappa shape index (κ2) is 5.93. The Hall–Kier alpha value is -2.75. The number of nitro benzene ring substituents is 1. The lowest BCUT2D eigenvalue weighted by molar-refractivity contribution is -0.385. The Kier molecular flexibility index (Phi) is 4.22. The Bertz CT molecular complexity index is 758. The van der Waals surface area contributed by atoms with Crippen molar-refractivity contribution in [2.24, 2.45) is 0 Å². The fourth-order valence-corrected chi connectivity index (χ4v) is 2.67. The molecule has 2 rings (SSSR count). The number of methoxy groups -OCH3 is 2. The zero-order valence-corrected chi connectivity index (χ0v) is 12.7. The third kappa shape index (κ3) is 2.68. The van der Waals surface area contributed by atoms with Crippen LogP contribution in [0.1, 0.15) is 5.01 Å². The van der Waals surface area contributed by atoms with Crippen LogP contribution >= 0.6 is 11.3 Å². The van der Waals surface area contributed by atoms with E-state index in [2.05, 4.69) is 4.98 Å². The highest BCUT2D eigenvalue weighted by molar-refractivity contribution is 7.15. The average molecular weight is 325 g/mol. The second-order valence-electron chi connectivity index (χ2n) is 4.13. The van der Waals surface area contributed by atoms with Crippen LogP contribution in [-0.2, 0) is 0 Å². The minimum absolute atomic E-state index is 0.0127. The maximum atomic E-state index is 11.3. The third-order valence-electron chi connectivity index (χ3n) is 2.84. The van der Waals surface area contributed by atoms with Crippen LogP contribution in [0.2, 0.25) is 0 Å². The fraction of sp³-hybridized carbons (Fsp3) is 0.250. The number of thiazole rings is 1. The molecule has 2 aromatic rings. The van der Waals surface area contributed by atoms with E-state index in [1.807, 2.05) is 0 Å². The summed E-state index contributed by atoms with van der Waals surface area (Å²) in [7, 11) is 2.71. The van der Waals surface area contributed by atoms with Crippen LogP contribution < -0.4 is 9.47 Å². The van der Waals surface area contributed by atoms with Crippen molar-refractivity contribution in [3.8, 4) is 22.8 Å². The molecule has 0 atom stereocenters. The van der Waals surface area contributed by atoms with Crippen molar-refractivity contribution in [2.75, 3.05) is 14.2 Å². The maximum Gasteiger partial charge on any atom is 0.352 e. The number of benzene rings is 1. The van der Waals surface area contributed by atoms with Crippen LogP contribution in [0, 0.1) is 27.2 Å². The summed E-state index contributed by atoms with van der Waals surface area (Å²) in [4.78, 5) is 25.2. The molecular formula is C12H11N3O6S. The molecule has 1 aromatic carbocycles. The average Bonchev–Trinajstić information content (AvgIpc) is 2.87.